The third-order valence-electron chi connectivity index (χ3n) is 3.70. The molecule has 0 aliphatic rings. The maximum atomic E-state index is 12.6. The highest BCUT2D eigenvalue weighted by Gasteiger charge is 2.21. The minimum absolute atomic E-state index is 0.116. The zero-order valence-corrected chi connectivity index (χ0v) is 14.4. The summed E-state index contributed by atoms with van der Waals surface area (Å²) in [6, 6.07) is 8.45. The molecule has 0 saturated heterocycles. The maximum Gasteiger partial charge on any atom is 0.254 e. The fourth-order valence-electron chi connectivity index (χ4n) is 2.77. The summed E-state index contributed by atoms with van der Waals surface area (Å²) >= 11 is 0. The first-order valence-electron chi connectivity index (χ1n) is 8.10. The Morgan fingerprint density at radius 1 is 1.00 bits per heavy atom. The molecule has 0 aromatic heterocycles. The van der Waals surface area contributed by atoms with Gasteiger partial charge in [0.25, 0.3) is 5.91 Å². The largest absolute Gasteiger partial charge is 0.372 e. The van der Waals surface area contributed by atoms with Crippen molar-refractivity contribution in [3.05, 3.63) is 29.8 Å². The number of nitrogens with zero attached hydrogens (tertiary/aromatic N) is 2. The zero-order valence-electron chi connectivity index (χ0n) is 14.4. The summed E-state index contributed by atoms with van der Waals surface area (Å²) in [4.78, 5) is 16.9. The van der Waals surface area contributed by atoms with E-state index in [0.29, 0.717) is 0 Å². The summed E-state index contributed by atoms with van der Waals surface area (Å²) in [6.45, 7) is 14.6. The van der Waals surface area contributed by atoms with Crippen molar-refractivity contribution in [2.75, 3.05) is 18.0 Å². The first-order chi connectivity index (χ1) is 9.92. The summed E-state index contributed by atoms with van der Waals surface area (Å²) in [7, 11) is 0. The number of anilines is 1. The van der Waals surface area contributed by atoms with E-state index in [4.69, 9.17) is 0 Å². The van der Waals surface area contributed by atoms with E-state index in [1.807, 2.05) is 17.0 Å². The van der Waals surface area contributed by atoms with Crippen LogP contribution < -0.4 is 4.90 Å². The van der Waals surface area contributed by atoms with Crippen LogP contribution in [0.5, 0.6) is 0 Å². The van der Waals surface area contributed by atoms with Crippen molar-refractivity contribution in [3.63, 3.8) is 0 Å². The Bertz CT molecular complexity index is 429. The molecule has 1 amide bonds. The summed E-state index contributed by atoms with van der Waals surface area (Å²) in [5, 5.41) is 0. The predicted molar refractivity (Wildman–Crippen MR) is 91.1 cm³/mol. The molecule has 0 atom stereocenters. The Labute approximate surface area is 129 Å². The van der Waals surface area contributed by atoms with Crippen molar-refractivity contribution in [1.82, 2.24) is 4.90 Å². The molecule has 21 heavy (non-hydrogen) atoms. The number of carbonyl (C=O) groups is 1. The van der Waals surface area contributed by atoms with Crippen LogP contribution in [0.3, 0.4) is 0 Å². The second kappa shape index (κ2) is 8.06. The lowest BCUT2D eigenvalue weighted by Crippen LogP contribution is -2.42. The van der Waals surface area contributed by atoms with Crippen LogP contribution in [0, 0.1) is 0 Å². The van der Waals surface area contributed by atoms with Crippen LogP contribution in [0.4, 0.5) is 5.69 Å². The highest BCUT2D eigenvalue weighted by Crippen LogP contribution is 2.18. The van der Waals surface area contributed by atoms with Crippen LogP contribution in [0.25, 0.3) is 0 Å². The van der Waals surface area contributed by atoms with Gasteiger partial charge in [0, 0.05) is 36.4 Å². The van der Waals surface area contributed by atoms with Gasteiger partial charge in [-0.05, 0) is 65.3 Å². The number of carbonyl (C=O) groups excluding carboxylic acids is 1. The highest BCUT2D eigenvalue weighted by atomic mass is 16.2. The van der Waals surface area contributed by atoms with E-state index in [-0.39, 0.29) is 18.0 Å². The van der Waals surface area contributed by atoms with E-state index in [2.05, 4.69) is 58.6 Å². The van der Waals surface area contributed by atoms with E-state index in [0.717, 1.165) is 25.1 Å². The Balaban J connectivity index is 2.93. The average Bonchev–Trinajstić information content (AvgIpc) is 2.44. The van der Waals surface area contributed by atoms with Gasteiger partial charge in [0.1, 0.15) is 0 Å². The fraction of sp³-hybridized carbons (Fsp3) is 0.611. The van der Waals surface area contributed by atoms with Crippen LogP contribution in [-0.4, -0.2) is 36.0 Å². The van der Waals surface area contributed by atoms with Gasteiger partial charge in [0.2, 0.25) is 0 Å². The van der Waals surface area contributed by atoms with Gasteiger partial charge in [-0.3, -0.25) is 4.79 Å². The molecule has 0 saturated carbocycles. The molecular weight excluding hydrogens is 260 g/mol. The molecule has 1 aromatic carbocycles. The van der Waals surface area contributed by atoms with Gasteiger partial charge in [0.15, 0.2) is 0 Å². The Kier molecular flexibility index (Phi) is 6.73. The second-order valence-electron chi connectivity index (χ2n) is 6.03. The molecule has 0 fully saturated rings. The quantitative estimate of drug-likeness (QED) is 0.752. The van der Waals surface area contributed by atoms with Crippen molar-refractivity contribution < 1.29 is 4.79 Å². The molecule has 3 nitrogen and oxygen atoms in total. The summed E-state index contributed by atoms with van der Waals surface area (Å²) < 4.78 is 0. The van der Waals surface area contributed by atoms with E-state index in [1.54, 1.807) is 0 Å². The molecule has 1 rings (SSSR count). The van der Waals surface area contributed by atoms with Crippen molar-refractivity contribution in [2.45, 2.75) is 60.0 Å². The van der Waals surface area contributed by atoms with E-state index >= 15 is 0 Å². The zero-order chi connectivity index (χ0) is 16.0. The third-order valence-corrected chi connectivity index (χ3v) is 3.70. The minimum atomic E-state index is 0.116. The average molecular weight is 290 g/mol. The Morgan fingerprint density at radius 2 is 1.52 bits per heavy atom. The number of benzene rings is 1. The van der Waals surface area contributed by atoms with Gasteiger partial charge in [-0.15, -0.1) is 0 Å². The summed E-state index contributed by atoms with van der Waals surface area (Å²) in [5.41, 5.74) is 1.96. The van der Waals surface area contributed by atoms with Crippen LogP contribution in [0.2, 0.25) is 0 Å². The maximum absolute atomic E-state index is 12.6. The lowest BCUT2D eigenvalue weighted by atomic mass is 10.1. The molecule has 1 aromatic rings. The van der Waals surface area contributed by atoms with Crippen molar-refractivity contribution in [3.8, 4) is 0 Å². The monoisotopic (exact) mass is 290 g/mol. The van der Waals surface area contributed by atoms with E-state index < -0.39 is 0 Å². The number of rotatable bonds is 7. The SMILES string of the molecule is CCCN(CC)c1ccc(C(=O)N(C(C)C)C(C)C)cc1. The molecule has 0 spiro atoms. The predicted octanol–water partition coefficient (Wildman–Crippen LogP) is 4.18. The van der Waals surface area contributed by atoms with Crippen molar-refractivity contribution >= 4 is 11.6 Å². The standard InChI is InChI=1S/C18H30N2O/c1-7-13-19(8-2)17-11-9-16(10-12-17)18(21)20(14(3)4)15(5)6/h9-12,14-15H,7-8,13H2,1-6H3. The molecular formula is C18H30N2O. The molecule has 0 radical (unpaired) electrons. The molecule has 118 valence electrons. The van der Waals surface area contributed by atoms with Gasteiger partial charge in [-0.1, -0.05) is 6.92 Å². The first kappa shape index (κ1) is 17.5. The van der Waals surface area contributed by atoms with E-state index in [9.17, 15) is 4.79 Å². The third kappa shape index (κ3) is 4.48. The van der Waals surface area contributed by atoms with Gasteiger partial charge in [0.05, 0.1) is 0 Å². The Morgan fingerprint density at radius 3 is 1.90 bits per heavy atom. The summed E-state index contributed by atoms with van der Waals surface area (Å²) in [5.74, 6) is 0.116. The molecule has 3 heteroatoms. The minimum Gasteiger partial charge on any atom is -0.372 e. The fourth-order valence-corrected chi connectivity index (χ4v) is 2.77. The first-order valence-corrected chi connectivity index (χ1v) is 8.10. The lowest BCUT2D eigenvalue weighted by Gasteiger charge is -2.31. The second-order valence-corrected chi connectivity index (χ2v) is 6.03. The van der Waals surface area contributed by atoms with Crippen LogP contribution in [0.1, 0.15) is 58.3 Å². The topological polar surface area (TPSA) is 23.6 Å². The Hall–Kier alpha value is -1.51. The van der Waals surface area contributed by atoms with Crippen molar-refractivity contribution in [2.24, 2.45) is 0 Å². The normalized spacial score (nSPS) is 11.0. The van der Waals surface area contributed by atoms with Gasteiger partial charge in [-0.2, -0.15) is 0 Å². The molecule has 0 aliphatic heterocycles. The van der Waals surface area contributed by atoms with Crippen LogP contribution >= 0.6 is 0 Å². The number of amides is 1. The number of hydrogen-bond donors (Lipinski definition) is 0. The van der Waals surface area contributed by atoms with Gasteiger partial charge < -0.3 is 9.80 Å². The van der Waals surface area contributed by atoms with Crippen molar-refractivity contribution in [1.29, 1.82) is 0 Å². The van der Waals surface area contributed by atoms with Gasteiger partial charge in [-0.25, -0.2) is 0 Å². The molecule has 0 N–H and O–H groups in total. The highest BCUT2D eigenvalue weighted by molar-refractivity contribution is 5.95. The molecule has 0 heterocycles. The van der Waals surface area contributed by atoms with E-state index in [1.165, 1.54) is 5.69 Å². The molecule has 0 unspecified atom stereocenters. The summed E-state index contributed by atoms with van der Waals surface area (Å²) in [6.07, 6.45) is 1.13. The molecule has 0 bridgehead atoms. The smallest absolute Gasteiger partial charge is 0.254 e. The lowest BCUT2D eigenvalue weighted by molar-refractivity contribution is 0.0644. The number of hydrogen-bond acceptors (Lipinski definition) is 2. The molecule has 0 aliphatic carbocycles. The van der Waals surface area contributed by atoms with Crippen LogP contribution in [0.15, 0.2) is 24.3 Å². The van der Waals surface area contributed by atoms with Crippen LogP contribution in [-0.2, 0) is 0 Å². The van der Waals surface area contributed by atoms with Gasteiger partial charge >= 0.3 is 0 Å².